The maximum atomic E-state index is 13.4. The number of hydrogen-bond acceptors (Lipinski definition) is 7. The molecule has 1 fully saturated rings. The van der Waals surface area contributed by atoms with Crippen LogP contribution in [0.5, 0.6) is 0 Å². The van der Waals surface area contributed by atoms with Crippen molar-refractivity contribution in [1.82, 2.24) is 9.55 Å². The van der Waals surface area contributed by atoms with Gasteiger partial charge in [-0.25, -0.2) is 17.8 Å². The van der Waals surface area contributed by atoms with Crippen molar-refractivity contribution in [3.05, 3.63) is 64.2 Å². The lowest BCUT2D eigenvalue weighted by molar-refractivity contribution is -0.141. The highest BCUT2D eigenvalue weighted by atomic mass is 32.2. The summed E-state index contributed by atoms with van der Waals surface area (Å²) in [6.07, 6.45) is 0.421. The van der Waals surface area contributed by atoms with Crippen LogP contribution in [-0.2, 0) is 25.8 Å². The van der Waals surface area contributed by atoms with Gasteiger partial charge in [-0.05, 0) is 38.5 Å². The van der Waals surface area contributed by atoms with Gasteiger partial charge in [-0.1, -0.05) is 12.1 Å². The zero-order chi connectivity index (χ0) is 23.8. The standard InChI is InChI=1S/C23H23FN2O5S2/c1-14-8-20(15(2)26(14)19-6-7-33(29,30)13-19)21(27)11-31-22(28)10-18-12-32-23(25-18)16-4-3-5-17(24)9-16/h3-5,8-9,12,19H,6-7,10-11,13H2,1-2H3. The number of aryl methyl sites for hydroxylation is 1. The number of hydrogen-bond donors (Lipinski definition) is 0. The molecule has 1 saturated heterocycles. The van der Waals surface area contributed by atoms with E-state index in [2.05, 4.69) is 4.98 Å². The van der Waals surface area contributed by atoms with Crippen LogP contribution < -0.4 is 0 Å². The molecule has 3 aromatic rings. The smallest absolute Gasteiger partial charge is 0.312 e. The van der Waals surface area contributed by atoms with Gasteiger partial charge in [0.25, 0.3) is 0 Å². The van der Waals surface area contributed by atoms with E-state index in [0.29, 0.717) is 33.9 Å². The molecule has 1 aromatic carbocycles. The van der Waals surface area contributed by atoms with Crippen LogP contribution in [0.3, 0.4) is 0 Å². The quantitative estimate of drug-likeness (QED) is 0.370. The van der Waals surface area contributed by atoms with Crippen molar-refractivity contribution in [3.63, 3.8) is 0 Å². The summed E-state index contributed by atoms with van der Waals surface area (Å²) in [4.78, 5) is 29.3. The van der Waals surface area contributed by atoms with Gasteiger partial charge in [-0.3, -0.25) is 9.59 Å². The normalized spacial score (nSPS) is 17.2. The number of Topliss-reactive ketones (excluding diaryl/α,β-unsaturated/α-hetero) is 1. The molecule has 0 bridgehead atoms. The number of carbonyl (C=O) groups is 2. The van der Waals surface area contributed by atoms with Crippen molar-refractivity contribution in [3.8, 4) is 10.6 Å². The topological polar surface area (TPSA) is 95.3 Å². The van der Waals surface area contributed by atoms with Gasteiger partial charge in [0.15, 0.2) is 16.4 Å². The minimum absolute atomic E-state index is 0.0667. The molecule has 0 spiro atoms. The summed E-state index contributed by atoms with van der Waals surface area (Å²) in [5, 5.41) is 2.29. The van der Waals surface area contributed by atoms with Gasteiger partial charge in [0.1, 0.15) is 10.8 Å². The molecule has 3 heterocycles. The summed E-state index contributed by atoms with van der Waals surface area (Å²) in [5.41, 5.74) is 3.01. The van der Waals surface area contributed by atoms with Crippen LogP contribution in [0.15, 0.2) is 35.7 Å². The number of aromatic nitrogens is 2. The monoisotopic (exact) mass is 490 g/mol. The molecule has 1 aliphatic heterocycles. The average Bonchev–Trinajstić information content (AvgIpc) is 3.43. The summed E-state index contributed by atoms with van der Waals surface area (Å²) < 4.78 is 44.2. The molecule has 7 nitrogen and oxygen atoms in total. The molecule has 174 valence electrons. The lowest BCUT2D eigenvalue weighted by atomic mass is 10.1. The molecule has 0 radical (unpaired) electrons. The second-order valence-corrected chi connectivity index (χ2v) is 11.2. The summed E-state index contributed by atoms with van der Waals surface area (Å²) >= 11 is 1.29. The molecule has 0 aliphatic carbocycles. The third-order valence-corrected chi connectivity index (χ3v) is 8.36. The van der Waals surface area contributed by atoms with Crippen LogP contribution in [0, 0.1) is 19.7 Å². The molecule has 1 unspecified atom stereocenters. The first-order valence-electron chi connectivity index (χ1n) is 10.4. The number of ether oxygens (including phenoxy) is 1. The van der Waals surface area contributed by atoms with Crippen molar-refractivity contribution in [2.24, 2.45) is 0 Å². The van der Waals surface area contributed by atoms with E-state index >= 15 is 0 Å². The molecule has 10 heteroatoms. The van der Waals surface area contributed by atoms with Crippen molar-refractivity contribution in [2.75, 3.05) is 18.1 Å². The Hall–Kier alpha value is -2.85. The third kappa shape index (κ3) is 5.22. The van der Waals surface area contributed by atoms with E-state index in [1.165, 1.54) is 23.5 Å². The number of sulfone groups is 1. The largest absolute Gasteiger partial charge is 0.457 e. The van der Waals surface area contributed by atoms with Crippen molar-refractivity contribution in [1.29, 1.82) is 0 Å². The van der Waals surface area contributed by atoms with Crippen molar-refractivity contribution >= 4 is 32.9 Å². The van der Waals surface area contributed by atoms with Gasteiger partial charge in [0.2, 0.25) is 5.78 Å². The van der Waals surface area contributed by atoms with Gasteiger partial charge >= 0.3 is 5.97 Å². The molecule has 1 atom stereocenters. The number of halogens is 1. The third-order valence-electron chi connectivity index (χ3n) is 5.67. The fourth-order valence-corrected chi connectivity index (χ4v) is 6.68. The molecular weight excluding hydrogens is 467 g/mol. The molecular formula is C23H23FN2O5S2. The van der Waals surface area contributed by atoms with Crippen LogP contribution >= 0.6 is 11.3 Å². The Labute approximate surface area is 195 Å². The second kappa shape index (κ2) is 9.18. The Morgan fingerprint density at radius 1 is 1.27 bits per heavy atom. The highest BCUT2D eigenvalue weighted by Crippen LogP contribution is 2.29. The predicted molar refractivity (Wildman–Crippen MR) is 123 cm³/mol. The van der Waals surface area contributed by atoms with Gasteiger partial charge in [-0.2, -0.15) is 0 Å². The number of ketones is 1. The molecule has 0 saturated carbocycles. The maximum absolute atomic E-state index is 13.4. The summed E-state index contributed by atoms with van der Waals surface area (Å²) in [5.74, 6) is -1.08. The fourth-order valence-electron chi connectivity index (χ4n) is 4.17. The lowest BCUT2D eigenvalue weighted by Crippen LogP contribution is -2.17. The van der Waals surface area contributed by atoms with Crippen LogP contribution in [0.2, 0.25) is 0 Å². The van der Waals surface area contributed by atoms with Gasteiger partial charge in [0.05, 0.1) is 23.6 Å². The lowest BCUT2D eigenvalue weighted by Gasteiger charge is -2.16. The van der Waals surface area contributed by atoms with E-state index in [4.69, 9.17) is 4.74 Å². The predicted octanol–water partition coefficient (Wildman–Crippen LogP) is 3.70. The first kappa shape index (κ1) is 23.3. The van der Waals surface area contributed by atoms with Crippen molar-refractivity contribution in [2.45, 2.75) is 32.7 Å². The summed E-state index contributed by atoms with van der Waals surface area (Å²) in [7, 11) is -3.06. The Bertz CT molecular complexity index is 1330. The van der Waals surface area contributed by atoms with E-state index in [9.17, 15) is 22.4 Å². The summed E-state index contributed by atoms with van der Waals surface area (Å²) in [6.45, 7) is 3.20. The van der Waals surface area contributed by atoms with E-state index < -0.39 is 22.4 Å². The maximum Gasteiger partial charge on any atom is 0.312 e. The first-order chi connectivity index (χ1) is 15.6. The Morgan fingerprint density at radius 2 is 2.06 bits per heavy atom. The molecule has 4 rings (SSSR count). The van der Waals surface area contributed by atoms with E-state index in [1.807, 2.05) is 11.5 Å². The number of thiazole rings is 1. The molecule has 33 heavy (non-hydrogen) atoms. The van der Waals surface area contributed by atoms with Crippen LogP contribution in [0.4, 0.5) is 4.39 Å². The molecule has 0 N–H and O–H groups in total. The van der Waals surface area contributed by atoms with E-state index in [1.54, 1.807) is 30.5 Å². The average molecular weight is 491 g/mol. The van der Waals surface area contributed by atoms with Crippen LogP contribution in [0.25, 0.3) is 10.6 Å². The molecule has 2 aromatic heterocycles. The summed E-state index contributed by atoms with van der Waals surface area (Å²) in [6, 6.07) is 7.57. The first-order valence-corrected chi connectivity index (χ1v) is 13.1. The second-order valence-electron chi connectivity index (χ2n) is 8.13. The van der Waals surface area contributed by atoms with Gasteiger partial charge < -0.3 is 9.30 Å². The Kier molecular flexibility index (Phi) is 6.49. The number of esters is 1. The fraction of sp³-hybridized carbons (Fsp3) is 0.348. The molecule has 1 aliphatic rings. The van der Waals surface area contributed by atoms with Gasteiger partial charge in [0, 0.05) is 33.9 Å². The molecule has 0 amide bonds. The van der Waals surface area contributed by atoms with Crippen LogP contribution in [-0.4, -0.2) is 47.8 Å². The van der Waals surface area contributed by atoms with Crippen LogP contribution in [0.1, 0.15) is 39.9 Å². The van der Waals surface area contributed by atoms with Crippen molar-refractivity contribution < 1.29 is 27.1 Å². The van der Waals surface area contributed by atoms with E-state index in [-0.39, 0.29) is 35.6 Å². The SMILES string of the molecule is Cc1cc(C(=O)COC(=O)Cc2csc(-c3cccc(F)c3)n2)c(C)n1C1CCS(=O)(=O)C1. The number of rotatable bonds is 7. The minimum Gasteiger partial charge on any atom is -0.457 e. The Balaban J connectivity index is 1.37. The van der Waals surface area contributed by atoms with Gasteiger partial charge in [-0.15, -0.1) is 11.3 Å². The zero-order valence-electron chi connectivity index (χ0n) is 18.2. The number of benzene rings is 1. The number of nitrogens with zero attached hydrogens (tertiary/aromatic N) is 2. The number of carbonyl (C=O) groups excluding carboxylic acids is 2. The minimum atomic E-state index is -3.06. The Morgan fingerprint density at radius 3 is 2.76 bits per heavy atom. The zero-order valence-corrected chi connectivity index (χ0v) is 19.8. The highest BCUT2D eigenvalue weighted by Gasteiger charge is 2.31. The van der Waals surface area contributed by atoms with E-state index in [0.717, 1.165) is 5.69 Å². The highest BCUT2D eigenvalue weighted by molar-refractivity contribution is 7.91.